The minimum absolute atomic E-state index is 0.00448. The van der Waals surface area contributed by atoms with Gasteiger partial charge in [-0.2, -0.15) is 0 Å². The van der Waals surface area contributed by atoms with Crippen molar-refractivity contribution in [3.63, 3.8) is 0 Å². The Bertz CT molecular complexity index is 1290. The second-order valence-corrected chi connectivity index (χ2v) is 8.89. The number of aromatic hydroxyl groups is 3. The lowest BCUT2D eigenvalue weighted by molar-refractivity contribution is 0.311. The SMILES string of the molecule is C=C(C)C1CC(c2c(O)cc3oc4c(O)c(N=O)ccc4c(=O)c3c2O)C(C)(C)C1. The molecule has 3 aromatic rings. The van der Waals surface area contributed by atoms with E-state index in [2.05, 4.69) is 25.6 Å². The van der Waals surface area contributed by atoms with E-state index < -0.39 is 11.2 Å². The minimum atomic E-state index is -0.565. The quantitative estimate of drug-likeness (QED) is 0.296. The number of benzene rings is 2. The molecule has 1 aromatic heterocycles. The largest absolute Gasteiger partial charge is 0.507 e. The van der Waals surface area contributed by atoms with E-state index >= 15 is 0 Å². The van der Waals surface area contributed by atoms with Crippen LogP contribution in [-0.4, -0.2) is 15.3 Å². The van der Waals surface area contributed by atoms with Crippen molar-refractivity contribution in [1.29, 1.82) is 0 Å². The fourth-order valence-electron chi connectivity index (χ4n) is 4.80. The number of phenolic OH excluding ortho intramolecular Hbond substituents is 3. The second-order valence-electron chi connectivity index (χ2n) is 8.89. The zero-order valence-electron chi connectivity index (χ0n) is 17.0. The van der Waals surface area contributed by atoms with E-state index in [1.807, 2.05) is 6.92 Å². The van der Waals surface area contributed by atoms with Crippen molar-refractivity contribution in [3.8, 4) is 17.2 Å². The van der Waals surface area contributed by atoms with Crippen molar-refractivity contribution >= 4 is 27.6 Å². The summed E-state index contributed by atoms with van der Waals surface area (Å²) in [6.07, 6.45) is 1.55. The maximum Gasteiger partial charge on any atom is 0.204 e. The first-order valence-electron chi connectivity index (χ1n) is 9.73. The van der Waals surface area contributed by atoms with Gasteiger partial charge < -0.3 is 19.7 Å². The molecular formula is C23H23NO6. The van der Waals surface area contributed by atoms with Crippen LogP contribution in [0.5, 0.6) is 17.2 Å². The molecule has 2 unspecified atom stereocenters. The van der Waals surface area contributed by atoms with Crippen LogP contribution in [0.15, 0.2) is 44.7 Å². The number of rotatable bonds is 3. The number of hydrogen-bond acceptors (Lipinski definition) is 7. The lowest BCUT2D eigenvalue weighted by Gasteiger charge is -2.28. The summed E-state index contributed by atoms with van der Waals surface area (Å²) in [5.74, 6) is -1.01. The first-order valence-corrected chi connectivity index (χ1v) is 9.73. The van der Waals surface area contributed by atoms with Gasteiger partial charge in [-0.15, -0.1) is 4.91 Å². The van der Waals surface area contributed by atoms with Gasteiger partial charge in [-0.1, -0.05) is 26.0 Å². The van der Waals surface area contributed by atoms with Crippen molar-refractivity contribution in [2.24, 2.45) is 16.5 Å². The predicted octanol–water partition coefficient (Wildman–Crippen LogP) is 5.56. The second kappa shape index (κ2) is 6.58. The van der Waals surface area contributed by atoms with Crippen LogP contribution in [0.25, 0.3) is 21.9 Å². The fraction of sp³-hybridized carbons (Fsp3) is 0.348. The summed E-state index contributed by atoms with van der Waals surface area (Å²) in [5, 5.41) is 34.7. The van der Waals surface area contributed by atoms with Gasteiger partial charge >= 0.3 is 0 Å². The maximum absolute atomic E-state index is 13.1. The molecule has 7 heteroatoms. The lowest BCUT2D eigenvalue weighted by atomic mass is 9.76. The topological polar surface area (TPSA) is 120 Å². The molecule has 4 rings (SSSR count). The molecule has 1 aliphatic carbocycles. The molecular weight excluding hydrogens is 386 g/mol. The molecule has 0 spiro atoms. The van der Waals surface area contributed by atoms with Gasteiger partial charge in [0, 0.05) is 11.6 Å². The third kappa shape index (κ3) is 2.76. The summed E-state index contributed by atoms with van der Waals surface area (Å²) >= 11 is 0. The van der Waals surface area contributed by atoms with Gasteiger partial charge in [-0.05, 0) is 54.3 Å². The first-order chi connectivity index (χ1) is 14.1. The smallest absolute Gasteiger partial charge is 0.204 e. The van der Waals surface area contributed by atoms with E-state index in [4.69, 9.17) is 4.42 Å². The van der Waals surface area contributed by atoms with Crippen LogP contribution in [0.4, 0.5) is 5.69 Å². The molecule has 0 radical (unpaired) electrons. The Balaban J connectivity index is 2.02. The van der Waals surface area contributed by atoms with Crippen molar-refractivity contribution in [1.82, 2.24) is 0 Å². The standard InChI is InChI=1S/C23H23NO6/c1-10(2)11-7-13(23(3,4)9-11)17-15(25)8-16-18(21(17)28)19(26)12-5-6-14(24-29)20(27)22(12)30-16/h5-6,8,11,13,25,27-28H,1,7,9H2,2-4H3. The first kappa shape index (κ1) is 19.9. The van der Waals surface area contributed by atoms with Gasteiger partial charge in [0.15, 0.2) is 17.0 Å². The minimum Gasteiger partial charge on any atom is -0.507 e. The van der Waals surface area contributed by atoms with Gasteiger partial charge in [-0.25, -0.2) is 0 Å². The third-order valence-electron chi connectivity index (χ3n) is 6.46. The van der Waals surface area contributed by atoms with Crippen molar-refractivity contribution in [3.05, 3.63) is 51.0 Å². The predicted molar refractivity (Wildman–Crippen MR) is 114 cm³/mol. The molecule has 30 heavy (non-hydrogen) atoms. The molecule has 2 atom stereocenters. The zero-order chi connectivity index (χ0) is 22.0. The molecule has 1 fully saturated rings. The Labute approximate surface area is 172 Å². The number of hydrogen-bond donors (Lipinski definition) is 3. The van der Waals surface area contributed by atoms with E-state index in [9.17, 15) is 25.0 Å². The Kier molecular flexibility index (Phi) is 4.38. The average Bonchev–Trinajstić information content (AvgIpc) is 2.98. The highest BCUT2D eigenvalue weighted by Crippen LogP contribution is 2.57. The molecule has 2 aromatic carbocycles. The zero-order valence-corrected chi connectivity index (χ0v) is 17.0. The summed E-state index contributed by atoms with van der Waals surface area (Å²) in [7, 11) is 0. The molecule has 1 saturated carbocycles. The highest BCUT2D eigenvalue weighted by atomic mass is 16.4. The molecule has 3 N–H and O–H groups in total. The van der Waals surface area contributed by atoms with Crippen LogP contribution >= 0.6 is 0 Å². The Morgan fingerprint density at radius 2 is 1.93 bits per heavy atom. The van der Waals surface area contributed by atoms with E-state index in [1.165, 1.54) is 18.2 Å². The molecule has 0 aliphatic heterocycles. The van der Waals surface area contributed by atoms with E-state index in [0.717, 1.165) is 12.0 Å². The summed E-state index contributed by atoms with van der Waals surface area (Å²) in [6, 6.07) is 3.80. The number of nitroso groups, excluding NO2 is 1. The molecule has 0 amide bonds. The van der Waals surface area contributed by atoms with E-state index in [1.54, 1.807) is 0 Å². The molecule has 0 saturated heterocycles. The van der Waals surface area contributed by atoms with Gasteiger partial charge in [-0.3, -0.25) is 4.79 Å². The van der Waals surface area contributed by atoms with E-state index in [-0.39, 0.29) is 56.4 Å². The van der Waals surface area contributed by atoms with Gasteiger partial charge in [0.05, 0.1) is 5.39 Å². The Morgan fingerprint density at radius 3 is 2.53 bits per heavy atom. The van der Waals surface area contributed by atoms with Crippen LogP contribution in [0.2, 0.25) is 0 Å². The monoisotopic (exact) mass is 409 g/mol. The third-order valence-corrected chi connectivity index (χ3v) is 6.46. The van der Waals surface area contributed by atoms with E-state index in [0.29, 0.717) is 12.0 Å². The van der Waals surface area contributed by atoms with Gasteiger partial charge in [0.2, 0.25) is 5.43 Å². The summed E-state index contributed by atoms with van der Waals surface area (Å²) in [4.78, 5) is 24.0. The van der Waals surface area contributed by atoms with Crippen LogP contribution in [0, 0.1) is 16.2 Å². The van der Waals surface area contributed by atoms with Crippen LogP contribution < -0.4 is 5.43 Å². The number of fused-ring (bicyclic) bond motifs is 2. The average molecular weight is 409 g/mol. The Hall–Kier alpha value is -3.35. The maximum atomic E-state index is 13.1. The van der Waals surface area contributed by atoms with Crippen LogP contribution in [0.3, 0.4) is 0 Å². The highest BCUT2D eigenvalue weighted by molar-refractivity contribution is 5.98. The molecule has 0 bridgehead atoms. The summed E-state index contributed by atoms with van der Waals surface area (Å²) in [6.45, 7) is 10.2. The van der Waals surface area contributed by atoms with Crippen molar-refractivity contribution in [2.45, 2.75) is 39.5 Å². The number of nitrogens with zero attached hydrogens (tertiary/aromatic N) is 1. The van der Waals surface area contributed by atoms with Crippen molar-refractivity contribution < 1.29 is 19.7 Å². The fourth-order valence-corrected chi connectivity index (χ4v) is 4.80. The summed E-state index contributed by atoms with van der Waals surface area (Å²) < 4.78 is 5.61. The van der Waals surface area contributed by atoms with Crippen molar-refractivity contribution in [2.75, 3.05) is 0 Å². The number of allylic oxidation sites excluding steroid dienone is 1. The summed E-state index contributed by atoms with van der Waals surface area (Å²) in [5.41, 5.74) is -0.00843. The lowest BCUT2D eigenvalue weighted by Crippen LogP contribution is -2.16. The molecule has 156 valence electrons. The molecule has 1 aliphatic rings. The normalized spacial score (nSPS) is 20.6. The highest BCUT2D eigenvalue weighted by Gasteiger charge is 2.44. The Morgan fingerprint density at radius 1 is 1.23 bits per heavy atom. The van der Waals surface area contributed by atoms with Gasteiger partial charge in [0.25, 0.3) is 0 Å². The van der Waals surface area contributed by atoms with Gasteiger partial charge in [0.1, 0.15) is 22.5 Å². The van der Waals surface area contributed by atoms with Crippen LogP contribution in [-0.2, 0) is 0 Å². The molecule has 1 heterocycles. The van der Waals surface area contributed by atoms with Crippen LogP contribution in [0.1, 0.15) is 45.1 Å². The number of phenols is 3. The molecule has 7 nitrogen and oxygen atoms in total.